The molecule has 1 aliphatic heterocycles. The van der Waals surface area contributed by atoms with Crippen molar-refractivity contribution in [2.75, 3.05) is 18.1 Å². The minimum absolute atomic E-state index is 0.0949. The second-order valence-electron chi connectivity index (χ2n) is 5.38. The van der Waals surface area contributed by atoms with Crippen LogP contribution in [-0.2, 0) is 22.0 Å². The Bertz CT molecular complexity index is 683. The molecule has 21 heavy (non-hydrogen) atoms. The highest BCUT2D eigenvalue weighted by atomic mass is 32.2. The Kier molecular flexibility index (Phi) is 4.35. The summed E-state index contributed by atoms with van der Waals surface area (Å²) in [5.41, 5.74) is 0.859. The molecular weight excluding hydrogens is 304 g/mol. The molecule has 3 rings (SSSR count). The molecule has 0 radical (unpaired) electrons. The second-order valence-corrected chi connectivity index (χ2v) is 7.88. The third kappa shape index (κ3) is 3.16. The zero-order valence-electron chi connectivity index (χ0n) is 11.9. The number of carbonyl (C=O) groups excluding carboxylic acids is 1. The van der Waals surface area contributed by atoms with Gasteiger partial charge in [0, 0.05) is 40.3 Å². The van der Waals surface area contributed by atoms with E-state index in [0.717, 1.165) is 22.2 Å². The molecular formula is C15H18N2O2S2. The summed E-state index contributed by atoms with van der Waals surface area (Å²) in [7, 11) is -0.784. The molecule has 2 heterocycles. The van der Waals surface area contributed by atoms with E-state index in [4.69, 9.17) is 0 Å². The van der Waals surface area contributed by atoms with E-state index >= 15 is 0 Å². The van der Waals surface area contributed by atoms with Gasteiger partial charge in [-0.2, -0.15) is 4.37 Å². The first-order valence-corrected chi connectivity index (χ1v) is 9.39. The van der Waals surface area contributed by atoms with Crippen LogP contribution >= 0.6 is 11.5 Å². The van der Waals surface area contributed by atoms with Crippen LogP contribution < -0.4 is 0 Å². The van der Waals surface area contributed by atoms with Crippen LogP contribution in [0.25, 0.3) is 10.1 Å². The van der Waals surface area contributed by atoms with Gasteiger partial charge in [0.15, 0.2) is 0 Å². The lowest BCUT2D eigenvalue weighted by Crippen LogP contribution is -2.40. The Morgan fingerprint density at radius 1 is 1.43 bits per heavy atom. The number of benzene rings is 1. The molecule has 6 heteroatoms. The average molecular weight is 322 g/mol. The maximum absolute atomic E-state index is 12.6. The van der Waals surface area contributed by atoms with Gasteiger partial charge in [-0.25, -0.2) is 0 Å². The molecule has 2 unspecified atom stereocenters. The van der Waals surface area contributed by atoms with E-state index in [1.165, 1.54) is 11.5 Å². The number of nitrogens with zero attached hydrogens (tertiary/aromatic N) is 2. The molecule has 1 aliphatic rings. The number of amides is 1. The predicted molar refractivity (Wildman–Crippen MR) is 87.0 cm³/mol. The van der Waals surface area contributed by atoms with Crippen molar-refractivity contribution in [3.05, 3.63) is 30.0 Å². The zero-order valence-corrected chi connectivity index (χ0v) is 13.6. The summed E-state index contributed by atoms with van der Waals surface area (Å²) in [6.45, 7) is 2.63. The largest absolute Gasteiger partial charge is 0.339 e. The topological polar surface area (TPSA) is 50.3 Å². The van der Waals surface area contributed by atoms with E-state index in [2.05, 4.69) is 4.37 Å². The maximum Gasteiger partial charge on any atom is 0.228 e. The van der Waals surface area contributed by atoms with Crippen molar-refractivity contribution in [1.82, 2.24) is 9.27 Å². The van der Waals surface area contributed by atoms with Gasteiger partial charge >= 0.3 is 0 Å². The molecule has 1 amide bonds. The van der Waals surface area contributed by atoms with E-state index in [-0.39, 0.29) is 11.9 Å². The molecule has 0 spiro atoms. The molecule has 0 bridgehead atoms. The summed E-state index contributed by atoms with van der Waals surface area (Å²) < 4.78 is 17.2. The highest BCUT2D eigenvalue weighted by molar-refractivity contribution is 7.85. The monoisotopic (exact) mass is 322 g/mol. The molecule has 4 nitrogen and oxygen atoms in total. The van der Waals surface area contributed by atoms with Gasteiger partial charge < -0.3 is 4.90 Å². The van der Waals surface area contributed by atoms with E-state index in [0.29, 0.717) is 24.5 Å². The van der Waals surface area contributed by atoms with Crippen LogP contribution in [0.2, 0.25) is 0 Å². The Morgan fingerprint density at radius 2 is 2.24 bits per heavy atom. The number of rotatable bonds is 2. The lowest BCUT2D eigenvalue weighted by atomic mass is 10.1. The van der Waals surface area contributed by atoms with E-state index in [9.17, 15) is 9.00 Å². The Labute approximate surface area is 130 Å². The summed E-state index contributed by atoms with van der Waals surface area (Å²) in [4.78, 5) is 14.4. The van der Waals surface area contributed by atoms with Gasteiger partial charge in [0.1, 0.15) is 0 Å². The third-order valence-corrected chi connectivity index (χ3v) is 6.14. The lowest BCUT2D eigenvalue weighted by molar-refractivity contribution is -0.132. The van der Waals surface area contributed by atoms with Crippen molar-refractivity contribution < 1.29 is 9.00 Å². The van der Waals surface area contributed by atoms with Gasteiger partial charge in [-0.15, -0.1) is 0 Å². The molecule has 0 aliphatic carbocycles. The Balaban J connectivity index is 1.77. The van der Waals surface area contributed by atoms with E-state index in [1.807, 2.05) is 36.1 Å². The van der Waals surface area contributed by atoms with Gasteiger partial charge in [-0.3, -0.25) is 9.00 Å². The fourth-order valence-electron chi connectivity index (χ4n) is 2.66. The standard InChI is InChI=1S/C15H18N2O2S2/c1-11-6-8-21(19)9-7-17(11)15(18)10-13-12-4-2-3-5-14(12)20-16-13/h2-5,11H,6-10H2,1H3. The molecule has 1 aromatic heterocycles. The summed E-state index contributed by atoms with van der Waals surface area (Å²) in [5, 5.41) is 1.07. The van der Waals surface area contributed by atoms with Crippen LogP contribution in [0.5, 0.6) is 0 Å². The minimum atomic E-state index is -0.784. The SMILES string of the molecule is CC1CCS(=O)CCN1C(=O)Cc1nsc2ccccc12. The van der Waals surface area contributed by atoms with Crippen LogP contribution in [0.4, 0.5) is 0 Å². The maximum atomic E-state index is 12.6. The van der Waals surface area contributed by atoms with Crippen LogP contribution in [0.3, 0.4) is 0 Å². The predicted octanol–water partition coefficient (Wildman–Crippen LogP) is 2.21. The van der Waals surface area contributed by atoms with Crippen LogP contribution in [0, 0.1) is 0 Å². The first kappa shape index (κ1) is 14.7. The Hall–Kier alpha value is -1.27. The number of aromatic nitrogens is 1. The van der Waals surface area contributed by atoms with E-state index in [1.54, 1.807) is 0 Å². The van der Waals surface area contributed by atoms with Crippen LogP contribution in [-0.4, -0.2) is 43.5 Å². The van der Waals surface area contributed by atoms with Crippen molar-refractivity contribution in [3.63, 3.8) is 0 Å². The number of carbonyl (C=O) groups is 1. The number of hydrogen-bond acceptors (Lipinski definition) is 4. The highest BCUT2D eigenvalue weighted by Gasteiger charge is 2.25. The molecule has 1 saturated heterocycles. The zero-order chi connectivity index (χ0) is 14.8. The lowest BCUT2D eigenvalue weighted by Gasteiger charge is -2.26. The van der Waals surface area contributed by atoms with Gasteiger partial charge in [-0.1, -0.05) is 18.2 Å². The summed E-state index contributed by atoms with van der Waals surface area (Å²) >= 11 is 1.44. The normalized spacial score (nSPS) is 23.2. The van der Waals surface area contributed by atoms with Crippen LogP contribution in [0.15, 0.2) is 24.3 Å². The van der Waals surface area contributed by atoms with Gasteiger partial charge in [0.05, 0.1) is 16.8 Å². The van der Waals surface area contributed by atoms with Crippen molar-refractivity contribution in [2.45, 2.75) is 25.8 Å². The van der Waals surface area contributed by atoms with Gasteiger partial charge in [-0.05, 0) is 30.9 Å². The molecule has 1 aromatic carbocycles. The number of hydrogen-bond donors (Lipinski definition) is 0. The Morgan fingerprint density at radius 3 is 3.10 bits per heavy atom. The molecule has 0 N–H and O–H groups in total. The highest BCUT2D eigenvalue weighted by Crippen LogP contribution is 2.23. The van der Waals surface area contributed by atoms with Crippen LogP contribution in [0.1, 0.15) is 19.0 Å². The molecule has 1 fully saturated rings. The van der Waals surface area contributed by atoms with Gasteiger partial charge in [0.25, 0.3) is 0 Å². The minimum Gasteiger partial charge on any atom is -0.339 e. The summed E-state index contributed by atoms with van der Waals surface area (Å²) in [6, 6.07) is 8.16. The smallest absolute Gasteiger partial charge is 0.228 e. The quantitative estimate of drug-likeness (QED) is 0.852. The first-order chi connectivity index (χ1) is 10.1. The first-order valence-electron chi connectivity index (χ1n) is 7.13. The molecule has 2 atom stereocenters. The van der Waals surface area contributed by atoms with E-state index < -0.39 is 10.8 Å². The molecule has 112 valence electrons. The molecule has 0 saturated carbocycles. The fourth-order valence-corrected chi connectivity index (χ4v) is 4.66. The average Bonchev–Trinajstić information content (AvgIpc) is 2.80. The number of fused-ring (bicyclic) bond motifs is 1. The van der Waals surface area contributed by atoms with Gasteiger partial charge in [0.2, 0.25) is 5.91 Å². The summed E-state index contributed by atoms with van der Waals surface area (Å²) in [6.07, 6.45) is 1.15. The fraction of sp³-hybridized carbons (Fsp3) is 0.467. The van der Waals surface area contributed by atoms with Crippen molar-refractivity contribution >= 4 is 38.3 Å². The second kappa shape index (κ2) is 6.23. The van der Waals surface area contributed by atoms with Crippen molar-refractivity contribution in [3.8, 4) is 0 Å². The van der Waals surface area contributed by atoms with Crippen molar-refractivity contribution in [1.29, 1.82) is 0 Å². The van der Waals surface area contributed by atoms with Crippen molar-refractivity contribution in [2.24, 2.45) is 0 Å². The molecule has 2 aromatic rings. The third-order valence-electron chi connectivity index (χ3n) is 3.95. The summed E-state index contributed by atoms with van der Waals surface area (Å²) in [5.74, 6) is 1.39.